The summed E-state index contributed by atoms with van der Waals surface area (Å²) in [5.41, 5.74) is 11.8. The average molecular weight is 228 g/mol. The van der Waals surface area contributed by atoms with Crippen LogP contribution in [0.15, 0.2) is 0 Å². The number of nitrogens with two attached hydrogens (primary N) is 2. The smallest absolute Gasteiger partial charge is 0.00462 e. The Morgan fingerprint density at radius 1 is 0.625 bits per heavy atom. The molecule has 16 heavy (non-hydrogen) atoms. The van der Waals surface area contributed by atoms with E-state index in [0.29, 0.717) is 11.8 Å². The van der Waals surface area contributed by atoms with Gasteiger partial charge in [0.1, 0.15) is 0 Å². The van der Waals surface area contributed by atoms with Gasteiger partial charge in [0, 0.05) is 0 Å². The first-order valence-electron chi connectivity index (χ1n) is 7.09. The fraction of sp³-hybridized carbons (Fsp3) is 1.00. The van der Waals surface area contributed by atoms with Crippen LogP contribution in [-0.2, 0) is 0 Å². The molecule has 0 rings (SSSR count). The summed E-state index contributed by atoms with van der Waals surface area (Å²) in [5, 5.41) is 0. The highest BCUT2D eigenvalue weighted by molar-refractivity contribution is 4.80. The molecule has 98 valence electrons. The highest BCUT2D eigenvalue weighted by atomic mass is 14.6. The van der Waals surface area contributed by atoms with Crippen LogP contribution in [0.5, 0.6) is 0 Å². The fourth-order valence-corrected chi connectivity index (χ4v) is 3.26. The minimum Gasteiger partial charge on any atom is -0.330 e. The Balaban J connectivity index is 4.71. The van der Waals surface area contributed by atoms with Gasteiger partial charge in [0.25, 0.3) is 0 Å². The van der Waals surface area contributed by atoms with Crippen molar-refractivity contribution in [2.75, 3.05) is 13.1 Å². The highest BCUT2D eigenvalue weighted by Gasteiger charge is 2.29. The summed E-state index contributed by atoms with van der Waals surface area (Å²) >= 11 is 0. The molecule has 0 radical (unpaired) electrons. The van der Waals surface area contributed by atoms with Gasteiger partial charge >= 0.3 is 0 Å². The van der Waals surface area contributed by atoms with Gasteiger partial charge in [0.15, 0.2) is 0 Å². The third-order valence-corrected chi connectivity index (χ3v) is 4.36. The van der Waals surface area contributed by atoms with Crippen LogP contribution in [0.3, 0.4) is 0 Å². The zero-order chi connectivity index (χ0) is 12.6. The van der Waals surface area contributed by atoms with Crippen LogP contribution in [0, 0.1) is 23.7 Å². The predicted molar refractivity (Wildman–Crippen MR) is 73.2 cm³/mol. The van der Waals surface area contributed by atoms with E-state index in [4.69, 9.17) is 11.5 Å². The van der Waals surface area contributed by atoms with E-state index in [-0.39, 0.29) is 0 Å². The number of hydrogen-bond acceptors (Lipinski definition) is 2. The summed E-state index contributed by atoms with van der Waals surface area (Å²) < 4.78 is 0. The quantitative estimate of drug-likeness (QED) is 0.637. The maximum Gasteiger partial charge on any atom is -0.00462 e. The van der Waals surface area contributed by atoms with E-state index in [1.54, 1.807) is 0 Å². The van der Waals surface area contributed by atoms with Crippen molar-refractivity contribution in [3.8, 4) is 0 Å². The molecule has 2 heteroatoms. The van der Waals surface area contributed by atoms with Gasteiger partial charge in [0.2, 0.25) is 0 Å². The monoisotopic (exact) mass is 228 g/mol. The summed E-state index contributed by atoms with van der Waals surface area (Å²) in [6.07, 6.45) is 4.88. The van der Waals surface area contributed by atoms with Crippen molar-refractivity contribution in [2.45, 2.75) is 53.4 Å². The predicted octanol–water partition coefficient (Wildman–Crippen LogP) is 3.01. The van der Waals surface area contributed by atoms with Gasteiger partial charge in [-0.05, 0) is 36.8 Å². The molecule has 0 amide bonds. The van der Waals surface area contributed by atoms with Gasteiger partial charge < -0.3 is 11.5 Å². The molecular weight excluding hydrogens is 196 g/mol. The van der Waals surface area contributed by atoms with Crippen molar-refractivity contribution in [3.63, 3.8) is 0 Å². The molecule has 0 aliphatic carbocycles. The first-order valence-corrected chi connectivity index (χ1v) is 7.09. The summed E-state index contributed by atoms with van der Waals surface area (Å²) in [7, 11) is 0. The van der Waals surface area contributed by atoms with Gasteiger partial charge in [-0.25, -0.2) is 0 Å². The molecule has 0 aromatic carbocycles. The zero-order valence-corrected chi connectivity index (χ0v) is 11.7. The summed E-state index contributed by atoms with van der Waals surface area (Å²) in [5.74, 6) is 2.87. The third kappa shape index (κ3) is 4.06. The largest absolute Gasteiger partial charge is 0.330 e. The van der Waals surface area contributed by atoms with Crippen LogP contribution < -0.4 is 11.5 Å². The summed E-state index contributed by atoms with van der Waals surface area (Å²) in [6.45, 7) is 10.8. The molecule has 0 aromatic rings. The zero-order valence-electron chi connectivity index (χ0n) is 11.7. The van der Waals surface area contributed by atoms with Crippen LogP contribution in [0.2, 0.25) is 0 Å². The lowest BCUT2D eigenvalue weighted by molar-refractivity contribution is 0.148. The van der Waals surface area contributed by atoms with E-state index in [2.05, 4.69) is 27.7 Å². The fourth-order valence-electron chi connectivity index (χ4n) is 3.26. The molecule has 0 saturated heterocycles. The molecule has 0 spiro atoms. The second kappa shape index (κ2) is 9.00. The second-order valence-electron chi connectivity index (χ2n) is 4.95. The van der Waals surface area contributed by atoms with Crippen LogP contribution in [0.4, 0.5) is 0 Å². The number of hydrogen-bond donors (Lipinski definition) is 2. The lowest BCUT2D eigenvalue weighted by Crippen LogP contribution is -2.35. The second-order valence-corrected chi connectivity index (χ2v) is 4.95. The Morgan fingerprint density at radius 2 is 0.938 bits per heavy atom. The van der Waals surface area contributed by atoms with Crippen molar-refractivity contribution in [1.29, 1.82) is 0 Å². The van der Waals surface area contributed by atoms with Crippen LogP contribution in [0.25, 0.3) is 0 Å². The maximum absolute atomic E-state index is 5.90. The Hall–Kier alpha value is -0.0800. The van der Waals surface area contributed by atoms with E-state index in [0.717, 1.165) is 24.9 Å². The summed E-state index contributed by atoms with van der Waals surface area (Å²) in [6, 6.07) is 0. The molecule has 0 aliphatic rings. The molecule has 0 aliphatic heterocycles. The molecule has 4 N–H and O–H groups in total. The van der Waals surface area contributed by atoms with E-state index in [1.165, 1.54) is 25.7 Å². The van der Waals surface area contributed by atoms with E-state index in [1.807, 2.05) is 0 Å². The molecule has 0 bridgehead atoms. The minimum absolute atomic E-state index is 0.676. The maximum atomic E-state index is 5.90. The molecule has 0 fully saturated rings. The van der Waals surface area contributed by atoms with Crippen molar-refractivity contribution in [2.24, 2.45) is 35.1 Å². The Labute approximate surface area is 102 Å². The van der Waals surface area contributed by atoms with Gasteiger partial charge in [0.05, 0.1) is 0 Å². The molecule has 0 aromatic heterocycles. The molecular formula is C14H32N2. The Morgan fingerprint density at radius 3 is 1.06 bits per heavy atom. The molecule has 4 unspecified atom stereocenters. The van der Waals surface area contributed by atoms with Crippen molar-refractivity contribution < 1.29 is 0 Å². The lowest BCUT2D eigenvalue weighted by Gasteiger charge is -2.36. The van der Waals surface area contributed by atoms with E-state index in [9.17, 15) is 0 Å². The standard InChI is InChI=1S/C14H32N2/c1-5-11(9-15)13(7-3)14(8-4)12(6-2)10-16/h11-14H,5-10,15-16H2,1-4H3. The molecule has 0 heterocycles. The molecule has 2 nitrogen and oxygen atoms in total. The number of rotatable bonds is 9. The summed E-state index contributed by atoms with van der Waals surface area (Å²) in [4.78, 5) is 0. The topological polar surface area (TPSA) is 52.0 Å². The Kier molecular flexibility index (Phi) is 8.96. The van der Waals surface area contributed by atoms with Crippen molar-refractivity contribution >= 4 is 0 Å². The average Bonchev–Trinajstić information content (AvgIpc) is 2.33. The van der Waals surface area contributed by atoms with Gasteiger partial charge in [-0.2, -0.15) is 0 Å². The van der Waals surface area contributed by atoms with Gasteiger partial charge in [-0.15, -0.1) is 0 Å². The third-order valence-electron chi connectivity index (χ3n) is 4.36. The van der Waals surface area contributed by atoms with E-state index < -0.39 is 0 Å². The van der Waals surface area contributed by atoms with Crippen LogP contribution in [-0.4, -0.2) is 13.1 Å². The molecule has 4 atom stereocenters. The van der Waals surface area contributed by atoms with Gasteiger partial charge in [-0.1, -0.05) is 53.4 Å². The van der Waals surface area contributed by atoms with Crippen LogP contribution >= 0.6 is 0 Å². The van der Waals surface area contributed by atoms with Gasteiger partial charge in [-0.3, -0.25) is 0 Å². The molecule has 0 saturated carbocycles. The first kappa shape index (κ1) is 15.9. The minimum atomic E-state index is 0.676. The van der Waals surface area contributed by atoms with Crippen LogP contribution in [0.1, 0.15) is 53.4 Å². The van der Waals surface area contributed by atoms with Crippen molar-refractivity contribution in [1.82, 2.24) is 0 Å². The first-order chi connectivity index (χ1) is 7.69. The lowest BCUT2D eigenvalue weighted by atomic mass is 9.70. The van der Waals surface area contributed by atoms with E-state index >= 15 is 0 Å². The Bertz CT molecular complexity index is 133. The highest BCUT2D eigenvalue weighted by Crippen LogP contribution is 2.34. The normalized spacial score (nSPS) is 19.1. The SMILES string of the molecule is CCC(CN)C(CC)C(CC)C(CC)CN. The van der Waals surface area contributed by atoms with Crippen molar-refractivity contribution in [3.05, 3.63) is 0 Å².